The summed E-state index contributed by atoms with van der Waals surface area (Å²) in [6.07, 6.45) is -6.79. The first-order valence-corrected chi connectivity index (χ1v) is 11.9. The van der Waals surface area contributed by atoms with Gasteiger partial charge in [0.05, 0.1) is 23.5 Å². The van der Waals surface area contributed by atoms with E-state index in [9.17, 15) is 31.9 Å². The fraction of sp³-hybridized carbons (Fsp3) is 0.577. The van der Waals surface area contributed by atoms with Crippen molar-refractivity contribution in [2.45, 2.75) is 77.2 Å². The van der Waals surface area contributed by atoms with Crippen molar-refractivity contribution >= 4 is 16.7 Å². The van der Waals surface area contributed by atoms with E-state index in [1.54, 1.807) is 18.2 Å². The molecule has 0 amide bonds. The van der Waals surface area contributed by atoms with Crippen molar-refractivity contribution in [3.8, 4) is 5.75 Å². The van der Waals surface area contributed by atoms with Crippen LogP contribution >= 0.6 is 0 Å². The fourth-order valence-electron chi connectivity index (χ4n) is 5.44. The second-order valence-corrected chi connectivity index (χ2v) is 10.3. The maximum Gasteiger partial charge on any atom is 0.391 e. The van der Waals surface area contributed by atoms with Crippen molar-refractivity contribution in [3.05, 3.63) is 41.5 Å². The Labute approximate surface area is 200 Å². The van der Waals surface area contributed by atoms with Gasteiger partial charge in [0.15, 0.2) is 0 Å². The van der Waals surface area contributed by atoms with Crippen LogP contribution in [0.25, 0.3) is 10.8 Å². The van der Waals surface area contributed by atoms with Gasteiger partial charge < -0.3 is 15.2 Å². The Kier molecular flexibility index (Phi) is 7.01. The van der Waals surface area contributed by atoms with Crippen LogP contribution in [-0.2, 0) is 11.3 Å². The highest BCUT2D eigenvalue weighted by Gasteiger charge is 2.51. The van der Waals surface area contributed by atoms with Crippen LogP contribution in [0.2, 0.25) is 0 Å². The number of carbonyl (C=O) groups is 1. The molecule has 0 heterocycles. The number of rotatable bonds is 7. The highest BCUT2D eigenvalue weighted by Crippen LogP contribution is 2.46. The minimum Gasteiger partial charge on any atom is -0.490 e. The van der Waals surface area contributed by atoms with E-state index < -0.39 is 36.5 Å². The van der Waals surface area contributed by atoms with Gasteiger partial charge in [-0.1, -0.05) is 32.0 Å². The normalized spacial score (nSPS) is 26.5. The van der Waals surface area contributed by atoms with E-state index in [4.69, 9.17) is 4.74 Å². The lowest BCUT2D eigenvalue weighted by Crippen LogP contribution is -2.58. The van der Waals surface area contributed by atoms with Gasteiger partial charge in [0, 0.05) is 12.6 Å². The third-order valence-corrected chi connectivity index (χ3v) is 7.85. The van der Waals surface area contributed by atoms with E-state index in [0.29, 0.717) is 23.7 Å². The number of hydrogen-bond donors (Lipinski definition) is 2. The molecule has 2 aromatic carbocycles. The molecule has 0 aromatic heterocycles. The maximum atomic E-state index is 14.0. The number of carboxylic acid groups (broad SMARTS) is 1. The molecule has 0 bridgehead atoms. The van der Waals surface area contributed by atoms with Crippen LogP contribution in [0.5, 0.6) is 5.75 Å². The minimum atomic E-state index is -4.24. The molecule has 0 saturated heterocycles. The molecule has 2 N–H and O–H groups in total. The third-order valence-electron chi connectivity index (χ3n) is 7.85. The molecule has 4 nitrogen and oxygen atoms in total. The first-order chi connectivity index (χ1) is 16.4. The molecule has 2 aromatic rings. The van der Waals surface area contributed by atoms with Crippen molar-refractivity contribution in [3.63, 3.8) is 0 Å². The van der Waals surface area contributed by atoms with Gasteiger partial charge in [-0.3, -0.25) is 4.79 Å². The highest BCUT2D eigenvalue weighted by atomic mass is 19.4. The van der Waals surface area contributed by atoms with Crippen molar-refractivity contribution in [2.75, 3.05) is 0 Å². The minimum absolute atomic E-state index is 0.0183. The van der Waals surface area contributed by atoms with Crippen molar-refractivity contribution in [1.29, 1.82) is 0 Å². The largest absolute Gasteiger partial charge is 0.490 e. The molecule has 192 valence electrons. The predicted octanol–water partition coefficient (Wildman–Crippen LogP) is 6.87. The Morgan fingerprint density at radius 3 is 2.40 bits per heavy atom. The summed E-state index contributed by atoms with van der Waals surface area (Å²) in [5.74, 6) is -2.54. The number of halogens is 5. The number of hydrogen-bond acceptors (Lipinski definition) is 3. The first kappa shape index (κ1) is 25.7. The molecule has 2 saturated carbocycles. The summed E-state index contributed by atoms with van der Waals surface area (Å²) in [5.41, 5.74) is 0.257. The van der Waals surface area contributed by atoms with Gasteiger partial charge in [-0.15, -0.1) is 0 Å². The van der Waals surface area contributed by atoms with Gasteiger partial charge in [0.2, 0.25) is 0 Å². The zero-order chi connectivity index (χ0) is 25.5. The summed E-state index contributed by atoms with van der Waals surface area (Å²) < 4.78 is 72.6. The number of ether oxygens (including phenoxy) is 1. The summed E-state index contributed by atoms with van der Waals surface area (Å²) in [6.45, 7) is 4.31. The number of aliphatic carboxylic acids is 1. The summed E-state index contributed by atoms with van der Waals surface area (Å²) in [6, 6.07) is 8.39. The van der Waals surface area contributed by atoms with Gasteiger partial charge in [-0.25, -0.2) is 8.78 Å². The van der Waals surface area contributed by atoms with Crippen molar-refractivity contribution in [2.24, 2.45) is 17.3 Å². The van der Waals surface area contributed by atoms with E-state index in [-0.39, 0.29) is 48.5 Å². The molecule has 0 aliphatic heterocycles. The van der Waals surface area contributed by atoms with Crippen LogP contribution in [0.15, 0.2) is 30.3 Å². The summed E-state index contributed by atoms with van der Waals surface area (Å²) in [7, 11) is 0. The molecule has 2 fully saturated rings. The Morgan fingerprint density at radius 1 is 1.14 bits per heavy atom. The van der Waals surface area contributed by atoms with Gasteiger partial charge in [0.1, 0.15) is 5.75 Å². The van der Waals surface area contributed by atoms with Crippen LogP contribution in [-0.4, -0.2) is 29.4 Å². The molecule has 2 aliphatic carbocycles. The molecule has 2 atom stereocenters. The lowest BCUT2D eigenvalue weighted by molar-refractivity contribution is -0.185. The van der Waals surface area contributed by atoms with Gasteiger partial charge in [0.25, 0.3) is 6.43 Å². The second-order valence-electron chi connectivity index (χ2n) is 10.3. The Balaban J connectivity index is 1.46. The first-order valence-electron chi connectivity index (χ1n) is 11.9. The number of benzene rings is 2. The Morgan fingerprint density at radius 2 is 1.83 bits per heavy atom. The van der Waals surface area contributed by atoms with Crippen LogP contribution in [0.1, 0.15) is 63.5 Å². The van der Waals surface area contributed by atoms with Gasteiger partial charge in [-0.2, -0.15) is 13.2 Å². The monoisotopic (exact) mass is 499 g/mol. The molecular weight excluding hydrogens is 469 g/mol. The number of carboxylic acids is 1. The average Bonchev–Trinajstić information content (AvgIpc) is 2.77. The van der Waals surface area contributed by atoms with Gasteiger partial charge >= 0.3 is 12.1 Å². The standard InChI is InChI=1S/C26H30F5NO3/c1-25(2)19(24(33)34)12-21(25)32-13-14-3-9-18-15(11-14)4-10-20(22(18)23(27)28)35-17-7-5-16(6-8-17)26(29,30)31/h3-4,9-11,16-17,19,21,23,32H,5-8,12-13H2,1-2H3,(H,33,34)/t16-,17+,19?,21?. The number of fused-ring (bicyclic) bond motifs is 1. The zero-order valence-corrected chi connectivity index (χ0v) is 19.7. The topological polar surface area (TPSA) is 58.6 Å². The lowest BCUT2D eigenvalue weighted by atomic mass is 9.58. The fourth-order valence-corrected chi connectivity index (χ4v) is 5.44. The van der Waals surface area contributed by atoms with Crippen molar-refractivity contribution in [1.82, 2.24) is 5.32 Å². The zero-order valence-electron chi connectivity index (χ0n) is 19.7. The molecule has 0 radical (unpaired) electrons. The van der Waals surface area contributed by atoms with Crippen LogP contribution in [0.3, 0.4) is 0 Å². The maximum absolute atomic E-state index is 14.0. The Hall–Kier alpha value is -2.42. The Bertz CT molecular complexity index is 1080. The molecule has 2 aliphatic rings. The predicted molar refractivity (Wildman–Crippen MR) is 121 cm³/mol. The number of nitrogens with one attached hydrogen (secondary N) is 1. The van der Waals surface area contributed by atoms with E-state index >= 15 is 0 Å². The van der Waals surface area contributed by atoms with E-state index in [1.807, 2.05) is 19.9 Å². The smallest absolute Gasteiger partial charge is 0.391 e. The molecule has 9 heteroatoms. The summed E-state index contributed by atoms with van der Waals surface area (Å²) in [4.78, 5) is 11.3. The molecule has 2 unspecified atom stereocenters. The third kappa shape index (κ3) is 5.25. The quantitative estimate of drug-likeness (QED) is 0.409. The molecule has 35 heavy (non-hydrogen) atoms. The van der Waals surface area contributed by atoms with Crippen LogP contribution in [0.4, 0.5) is 22.0 Å². The average molecular weight is 500 g/mol. The van der Waals surface area contributed by atoms with Gasteiger partial charge in [-0.05, 0) is 66.0 Å². The second kappa shape index (κ2) is 9.56. The van der Waals surface area contributed by atoms with Crippen molar-refractivity contribution < 1.29 is 36.6 Å². The summed E-state index contributed by atoms with van der Waals surface area (Å²) >= 11 is 0. The van der Waals surface area contributed by atoms with E-state index in [2.05, 4.69) is 5.32 Å². The summed E-state index contributed by atoms with van der Waals surface area (Å²) in [5, 5.41) is 13.6. The SMILES string of the molecule is CC1(C)C(NCc2ccc3c(C(F)F)c(O[C@H]4CC[C@@H](C(F)(F)F)CC4)ccc3c2)CC1C(=O)O. The van der Waals surface area contributed by atoms with E-state index in [1.165, 1.54) is 6.07 Å². The van der Waals surface area contributed by atoms with Crippen LogP contribution in [0, 0.1) is 17.3 Å². The number of alkyl halides is 5. The molecular formula is C26H30F5NO3. The van der Waals surface area contributed by atoms with Crippen LogP contribution < -0.4 is 10.1 Å². The molecule has 4 rings (SSSR count). The lowest BCUT2D eigenvalue weighted by Gasteiger charge is -2.50. The molecule has 0 spiro atoms. The highest BCUT2D eigenvalue weighted by molar-refractivity contribution is 5.88. The van der Waals surface area contributed by atoms with E-state index in [0.717, 1.165) is 5.56 Å².